The van der Waals surface area contributed by atoms with Crippen molar-refractivity contribution in [1.82, 2.24) is 10.2 Å². The first-order chi connectivity index (χ1) is 8.06. The van der Waals surface area contributed by atoms with Crippen LogP contribution in [0, 0.1) is 5.92 Å². The van der Waals surface area contributed by atoms with Crippen LogP contribution in [0.1, 0.15) is 13.3 Å². The SMILES string of the molecule is COCC(C)CC(=O)N1CCNCC1C(N)=O. The molecule has 0 aliphatic carbocycles. The van der Waals surface area contributed by atoms with Gasteiger partial charge in [0.05, 0.1) is 0 Å². The molecule has 0 radical (unpaired) electrons. The average molecular weight is 243 g/mol. The zero-order valence-corrected chi connectivity index (χ0v) is 10.4. The minimum atomic E-state index is -0.522. The molecule has 98 valence electrons. The summed E-state index contributed by atoms with van der Waals surface area (Å²) in [5.41, 5.74) is 5.29. The molecule has 0 spiro atoms. The van der Waals surface area contributed by atoms with Gasteiger partial charge in [-0.3, -0.25) is 9.59 Å². The molecule has 3 N–H and O–H groups in total. The third-order valence-corrected chi connectivity index (χ3v) is 2.87. The predicted octanol–water partition coefficient (Wildman–Crippen LogP) is -1.06. The maximum absolute atomic E-state index is 12.0. The van der Waals surface area contributed by atoms with Crippen LogP contribution in [-0.2, 0) is 14.3 Å². The molecule has 0 aromatic heterocycles. The van der Waals surface area contributed by atoms with Gasteiger partial charge in [-0.1, -0.05) is 6.92 Å². The van der Waals surface area contributed by atoms with Gasteiger partial charge in [-0.25, -0.2) is 0 Å². The van der Waals surface area contributed by atoms with Crippen molar-refractivity contribution >= 4 is 11.8 Å². The van der Waals surface area contributed by atoms with Gasteiger partial charge in [-0.15, -0.1) is 0 Å². The van der Waals surface area contributed by atoms with E-state index in [9.17, 15) is 9.59 Å². The number of amides is 2. The third-order valence-electron chi connectivity index (χ3n) is 2.87. The number of primary amides is 1. The highest BCUT2D eigenvalue weighted by atomic mass is 16.5. The van der Waals surface area contributed by atoms with E-state index in [1.807, 2.05) is 6.92 Å². The normalized spacial score (nSPS) is 22.2. The number of nitrogens with two attached hydrogens (primary N) is 1. The average Bonchev–Trinajstić information content (AvgIpc) is 2.29. The largest absolute Gasteiger partial charge is 0.384 e. The third kappa shape index (κ3) is 3.98. The van der Waals surface area contributed by atoms with Gasteiger partial charge in [-0.05, 0) is 5.92 Å². The second kappa shape index (κ2) is 6.56. The Morgan fingerprint density at radius 1 is 1.59 bits per heavy atom. The molecule has 2 unspecified atom stereocenters. The Morgan fingerprint density at radius 3 is 2.88 bits per heavy atom. The quantitative estimate of drug-likeness (QED) is 0.645. The second-order valence-electron chi connectivity index (χ2n) is 4.47. The van der Waals surface area contributed by atoms with E-state index >= 15 is 0 Å². The van der Waals surface area contributed by atoms with Gasteiger partial charge in [0.1, 0.15) is 6.04 Å². The molecule has 1 heterocycles. The smallest absolute Gasteiger partial charge is 0.241 e. The topological polar surface area (TPSA) is 84.7 Å². The molecule has 1 rings (SSSR count). The highest BCUT2D eigenvalue weighted by Gasteiger charge is 2.30. The summed E-state index contributed by atoms with van der Waals surface area (Å²) in [6.45, 7) is 4.17. The lowest BCUT2D eigenvalue weighted by atomic mass is 10.1. The van der Waals surface area contributed by atoms with E-state index in [1.165, 1.54) is 0 Å². The molecule has 0 aromatic carbocycles. The number of carbonyl (C=O) groups excluding carboxylic acids is 2. The first-order valence-electron chi connectivity index (χ1n) is 5.84. The van der Waals surface area contributed by atoms with Crippen LogP contribution in [0.3, 0.4) is 0 Å². The number of hydrogen-bond acceptors (Lipinski definition) is 4. The molecule has 0 bridgehead atoms. The van der Waals surface area contributed by atoms with Crippen LogP contribution in [0.5, 0.6) is 0 Å². The van der Waals surface area contributed by atoms with Crippen LogP contribution in [0.2, 0.25) is 0 Å². The molecule has 1 aliphatic rings. The van der Waals surface area contributed by atoms with E-state index < -0.39 is 11.9 Å². The van der Waals surface area contributed by atoms with E-state index in [0.717, 1.165) is 0 Å². The van der Waals surface area contributed by atoms with E-state index in [1.54, 1.807) is 12.0 Å². The number of methoxy groups -OCH3 is 1. The fraction of sp³-hybridized carbons (Fsp3) is 0.818. The Kier molecular flexibility index (Phi) is 5.37. The van der Waals surface area contributed by atoms with Crippen molar-refractivity contribution in [1.29, 1.82) is 0 Å². The fourth-order valence-electron chi connectivity index (χ4n) is 2.02. The molecule has 0 aromatic rings. The summed E-state index contributed by atoms with van der Waals surface area (Å²) in [5.74, 6) is -0.333. The van der Waals surface area contributed by atoms with E-state index in [0.29, 0.717) is 32.7 Å². The van der Waals surface area contributed by atoms with Crippen LogP contribution < -0.4 is 11.1 Å². The summed E-state index contributed by atoms with van der Waals surface area (Å²) < 4.78 is 4.99. The van der Waals surface area contributed by atoms with Gasteiger partial charge in [0, 0.05) is 39.8 Å². The molecule has 2 atom stereocenters. The molecule has 17 heavy (non-hydrogen) atoms. The van der Waals surface area contributed by atoms with Crippen LogP contribution >= 0.6 is 0 Å². The van der Waals surface area contributed by atoms with Gasteiger partial charge in [0.2, 0.25) is 11.8 Å². The highest BCUT2D eigenvalue weighted by Crippen LogP contribution is 2.10. The summed E-state index contributed by atoms with van der Waals surface area (Å²) in [6.07, 6.45) is 0.387. The van der Waals surface area contributed by atoms with Crippen molar-refractivity contribution in [2.24, 2.45) is 11.7 Å². The zero-order valence-electron chi connectivity index (χ0n) is 10.4. The molecule has 6 heteroatoms. The van der Waals surface area contributed by atoms with Crippen LogP contribution in [0.4, 0.5) is 0 Å². The number of ether oxygens (including phenoxy) is 1. The lowest BCUT2D eigenvalue weighted by Gasteiger charge is -2.34. The zero-order chi connectivity index (χ0) is 12.8. The van der Waals surface area contributed by atoms with Crippen molar-refractivity contribution in [3.63, 3.8) is 0 Å². The van der Waals surface area contributed by atoms with E-state index in [-0.39, 0.29) is 11.8 Å². The number of rotatable bonds is 5. The molecule has 6 nitrogen and oxygen atoms in total. The Balaban J connectivity index is 2.56. The highest BCUT2D eigenvalue weighted by molar-refractivity contribution is 5.87. The fourth-order valence-corrected chi connectivity index (χ4v) is 2.02. The first-order valence-corrected chi connectivity index (χ1v) is 5.84. The number of piperazine rings is 1. The Hall–Kier alpha value is -1.14. The van der Waals surface area contributed by atoms with Crippen LogP contribution in [-0.4, -0.2) is 56.1 Å². The summed E-state index contributed by atoms with van der Waals surface area (Å²) >= 11 is 0. The number of nitrogens with zero attached hydrogens (tertiary/aromatic N) is 1. The summed E-state index contributed by atoms with van der Waals surface area (Å²) in [7, 11) is 1.61. The van der Waals surface area contributed by atoms with Crippen molar-refractivity contribution in [3.8, 4) is 0 Å². The van der Waals surface area contributed by atoms with Gasteiger partial charge in [-0.2, -0.15) is 0 Å². The minimum absolute atomic E-state index is 0.0279. The summed E-state index contributed by atoms with van der Waals surface area (Å²) in [4.78, 5) is 24.9. The van der Waals surface area contributed by atoms with E-state index in [2.05, 4.69) is 5.32 Å². The molecular weight excluding hydrogens is 222 g/mol. The standard InChI is InChI=1S/C11H21N3O3/c1-8(7-17-2)5-10(15)14-4-3-13-6-9(14)11(12)16/h8-9,13H,3-7H2,1-2H3,(H2,12,16). The Bertz CT molecular complexity index is 283. The maximum Gasteiger partial charge on any atom is 0.241 e. The monoisotopic (exact) mass is 243 g/mol. The van der Waals surface area contributed by atoms with Crippen LogP contribution in [0.15, 0.2) is 0 Å². The van der Waals surface area contributed by atoms with Crippen molar-refractivity contribution in [2.75, 3.05) is 33.4 Å². The summed E-state index contributed by atoms with van der Waals surface area (Å²) in [6, 6.07) is -0.522. The van der Waals surface area contributed by atoms with Crippen molar-refractivity contribution < 1.29 is 14.3 Å². The van der Waals surface area contributed by atoms with Gasteiger partial charge >= 0.3 is 0 Å². The molecule has 0 saturated carbocycles. The second-order valence-corrected chi connectivity index (χ2v) is 4.47. The van der Waals surface area contributed by atoms with Crippen molar-refractivity contribution in [3.05, 3.63) is 0 Å². The molecule has 1 fully saturated rings. The lowest BCUT2D eigenvalue weighted by molar-refractivity contribution is -0.141. The Morgan fingerprint density at radius 2 is 2.29 bits per heavy atom. The molecule has 1 saturated heterocycles. The van der Waals surface area contributed by atoms with Crippen molar-refractivity contribution in [2.45, 2.75) is 19.4 Å². The lowest BCUT2D eigenvalue weighted by Crippen LogP contribution is -2.58. The number of nitrogens with one attached hydrogen (secondary N) is 1. The van der Waals surface area contributed by atoms with Gasteiger partial charge in [0.15, 0.2) is 0 Å². The number of carbonyl (C=O) groups is 2. The molecule has 2 amide bonds. The maximum atomic E-state index is 12.0. The minimum Gasteiger partial charge on any atom is -0.384 e. The summed E-state index contributed by atoms with van der Waals surface area (Å²) in [5, 5.41) is 3.06. The first kappa shape index (κ1) is 13.9. The van der Waals surface area contributed by atoms with Crippen LogP contribution in [0.25, 0.3) is 0 Å². The molecular formula is C11H21N3O3. The van der Waals surface area contributed by atoms with Gasteiger partial charge in [0.25, 0.3) is 0 Å². The molecule has 1 aliphatic heterocycles. The Labute approximate surface area is 101 Å². The van der Waals surface area contributed by atoms with E-state index in [4.69, 9.17) is 10.5 Å². The predicted molar refractivity (Wildman–Crippen MR) is 63.2 cm³/mol. The van der Waals surface area contributed by atoms with Gasteiger partial charge < -0.3 is 20.7 Å². The number of hydrogen-bond donors (Lipinski definition) is 2.